The summed E-state index contributed by atoms with van der Waals surface area (Å²) < 4.78 is 5.18. The van der Waals surface area contributed by atoms with Gasteiger partial charge in [0.05, 0.1) is 24.4 Å². The summed E-state index contributed by atoms with van der Waals surface area (Å²) in [5, 5.41) is 6.11. The van der Waals surface area contributed by atoms with Crippen molar-refractivity contribution in [3.63, 3.8) is 0 Å². The van der Waals surface area contributed by atoms with Crippen LogP contribution in [0.2, 0.25) is 0 Å². The Morgan fingerprint density at radius 3 is 2.65 bits per heavy atom. The highest BCUT2D eigenvalue weighted by Gasteiger charge is 2.16. The van der Waals surface area contributed by atoms with Gasteiger partial charge in [-0.25, -0.2) is 4.98 Å². The third-order valence-electron chi connectivity index (χ3n) is 4.56. The van der Waals surface area contributed by atoms with Crippen LogP contribution >= 0.6 is 11.3 Å². The molecule has 0 saturated carbocycles. The Labute approximate surface area is 158 Å². The van der Waals surface area contributed by atoms with E-state index >= 15 is 0 Å². The molecule has 2 heterocycles. The highest BCUT2D eigenvalue weighted by Crippen LogP contribution is 2.24. The number of aromatic nitrogens is 1. The van der Waals surface area contributed by atoms with E-state index in [0.29, 0.717) is 13.1 Å². The van der Waals surface area contributed by atoms with Gasteiger partial charge in [-0.3, -0.25) is 9.69 Å². The monoisotopic (exact) mass is 374 g/mol. The van der Waals surface area contributed by atoms with Gasteiger partial charge in [-0.2, -0.15) is 0 Å². The molecule has 1 fully saturated rings. The number of ether oxygens (including phenoxy) is 1. The van der Waals surface area contributed by atoms with Crippen molar-refractivity contribution >= 4 is 17.2 Å². The number of nitrogens with zero attached hydrogens (tertiary/aromatic N) is 3. The van der Waals surface area contributed by atoms with Gasteiger partial charge in [-0.05, 0) is 31.3 Å². The molecule has 2 aromatic rings. The Morgan fingerprint density at radius 1 is 1.23 bits per heavy atom. The van der Waals surface area contributed by atoms with Crippen LogP contribution in [0.5, 0.6) is 5.75 Å². The molecule has 1 aromatic carbocycles. The normalized spacial score (nSPS) is 15.8. The van der Waals surface area contributed by atoms with Crippen molar-refractivity contribution in [3.05, 3.63) is 34.7 Å². The minimum atomic E-state index is 0.0986. The largest absolute Gasteiger partial charge is 0.497 e. The van der Waals surface area contributed by atoms with Gasteiger partial charge >= 0.3 is 0 Å². The molecule has 6 nitrogen and oxygen atoms in total. The molecule has 1 N–H and O–H groups in total. The predicted octanol–water partition coefficient (Wildman–Crippen LogP) is 1.72. The number of hydrogen-bond donors (Lipinski definition) is 1. The van der Waals surface area contributed by atoms with Crippen molar-refractivity contribution in [1.29, 1.82) is 0 Å². The Kier molecular flexibility index (Phi) is 6.60. The predicted molar refractivity (Wildman–Crippen MR) is 105 cm³/mol. The number of nitrogens with one attached hydrogen (secondary N) is 1. The molecule has 1 saturated heterocycles. The number of carbonyl (C=O) groups excluding carboxylic acids is 1. The van der Waals surface area contributed by atoms with Crippen LogP contribution in [0.4, 0.5) is 0 Å². The topological polar surface area (TPSA) is 57.7 Å². The molecule has 140 valence electrons. The second kappa shape index (κ2) is 9.12. The third kappa shape index (κ3) is 5.27. The lowest BCUT2D eigenvalue weighted by Gasteiger charge is -2.31. The summed E-state index contributed by atoms with van der Waals surface area (Å²) in [6.45, 7) is 5.09. The van der Waals surface area contributed by atoms with Gasteiger partial charge in [-0.15, -0.1) is 11.3 Å². The number of rotatable bonds is 7. The van der Waals surface area contributed by atoms with Gasteiger partial charge in [-0.1, -0.05) is 0 Å². The quantitative estimate of drug-likeness (QED) is 0.800. The summed E-state index contributed by atoms with van der Waals surface area (Å²) in [4.78, 5) is 21.2. The van der Waals surface area contributed by atoms with Gasteiger partial charge in [0, 0.05) is 50.1 Å². The van der Waals surface area contributed by atoms with Crippen LogP contribution in [0.15, 0.2) is 29.6 Å². The fourth-order valence-corrected chi connectivity index (χ4v) is 3.70. The number of amides is 1. The number of carbonyl (C=O) groups is 1. The smallest absolute Gasteiger partial charge is 0.234 e. The summed E-state index contributed by atoms with van der Waals surface area (Å²) in [6.07, 6.45) is 0.759. The van der Waals surface area contributed by atoms with E-state index in [1.165, 1.54) is 0 Å². The van der Waals surface area contributed by atoms with Crippen molar-refractivity contribution in [2.45, 2.75) is 6.42 Å². The maximum Gasteiger partial charge on any atom is 0.234 e. The molecule has 1 amide bonds. The maximum atomic E-state index is 12.1. The standard InChI is InChI=1S/C19H26N4O2S/c1-22-9-11-23(12-10-22)13-18(24)20-8-7-19-21-17(14-26-19)15-3-5-16(25-2)6-4-15/h3-6,14H,7-13H2,1-2H3,(H,20,24). The summed E-state index contributed by atoms with van der Waals surface area (Å²) in [5.41, 5.74) is 2.05. The average Bonchev–Trinajstić information content (AvgIpc) is 3.12. The maximum absolute atomic E-state index is 12.1. The van der Waals surface area contributed by atoms with E-state index < -0.39 is 0 Å². The van der Waals surface area contributed by atoms with Gasteiger partial charge in [0.15, 0.2) is 0 Å². The molecule has 0 aliphatic carbocycles. The van der Waals surface area contributed by atoms with Crippen molar-refractivity contribution in [2.24, 2.45) is 0 Å². The highest BCUT2D eigenvalue weighted by molar-refractivity contribution is 7.09. The van der Waals surface area contributed by atoms with E-state index in [9.17, 15) is 4.79 Å². The molecular formula is C19H26N4O2S. The minimum Gasteiger partial charge on any atom is -0.497 e. The van der Waals surface area contributed by atoms with Crippen molar-refractivity contribution < 1.29 is 9.53 Å². The van der Waals surface area contributed by atoms with Crippen LogP contribution in [0.3, 0.4) is 0 Å². The molecule has 7 heteroatoms. The van der Waals surface area contributed by atoms with E-state index in [-0.39, 0.29) is 5.91 Å². The van der Waals surface area contributed by atoms with Crippen LogP contribution in [0, 0.1) is 0 Å². The first kappa shape index (κ1) is 18.8. The molecule has 1 aliphatic rings. The number of methoxy groups -OCH3 is 1. The van der Waals surface area contributed by atoms with Crippen LogP contribution in [0.25, 0.3) is 11.3 Å². The second-order valence-electron chi connectivity index (χ2n) is 6.53. The van der Waals surface area contributed by atoms with Gasteiger partial charge in [0.25, 0.3) is 0 Å². The zero-order valence-electron chi connectivity index (χ0n) is 15.4. The van der Waals surface area contributed by atoms with E-state index in [1.54, 1.807) is 18.4 Å². The lowest BCUT2D eigenvalue weighted by atomic mass is 10.2. The molecule has 3 rings (SSSR count). The average molecular weight is 375 g/mol. The SMILES string of the molecule is COc1ccc(-c2csc(CCNC(=O)CN3CCN(C)CC3)n2)cc1. The zero-order chi connectivity index (χ0) is 18.4. The number of hydrogen-bond acceptors (Lipinski definition) is 6. The number of piperazine rings is 1. The molecular weight excluding hydrogens is 348 g/mol. The third-order valence-corrected chi connectivity index (χ3v) is 5.47. The van der Waals surface area contributed by atoms with Gasteiger partial charge in [0.2, 0.25) is 5.91 Å². The highest BCUT2D eigenvalue weighted by atomic mass is 32.1. The molecule has 1 aliphatic heterocycles. The van der Waals surface area contributed by atoms with Crippen LogP contribution in [-0.2, 0) is 11.2 Å². The minimum absolute atomic E-state index is 0.0986. The second-order valence-corrected chi connectivity index (χ2v) is 7.48. The molecule has 0 unspecified atom stereocenters. The first-order valence-corrected chi connectivity index (χ1v) is 9.78. The Bertz CT molecular complexity index is 709. The van der Waals surface area contributed by atoms with Gasteiger partial charge < -0.3 is 15.0 Å². The number of benzene rings is 1. The molecule has 26 heavy (non-hydrogen) atoms. The fourth-order valence-electron chi connectivity index (χ4n) is 2.89. The van der Waals surface area contributed by atoms with Crippen molar-refractivity contribution in [3.8, 4) is 17.0 Å². The zero-order valence-corrected chi connectivity index (χ0v) is 16.2. The molecule has 1 aromatic heterocycles. The first-order chi connectivity index (χ1) is 12.6. The lowest BCUT2D eigenvalue weighted by Crippen LogP contribution is -2.48. The summed E-state index contributed by atoms with van der Waals surface area (Å²) in [7, 11) is 3.78. The van der Waals surface area contributed by atoms with E-state index in [1.807, 2.05) is 24.3 Å². The summed E-state index contributed by atoms with van der Waals surface area (Å²) in [6, 6.07) is 7.89. The Balaban J connectivity index is 1.42. The molecule has 0 atom stereocenters. The Morgan fingerprint density at radius 2 is 1.96 bits per heavy atom. The van der Waals surface area contributed by atoms with Crippen molar-refractivity contribution in [1.82, 2.24) is 20.1 Å². The Hall–Kier alpha value is -1.96. The summed E-state index contributed by atoms with van der Waals surface area (Å²) >= 11 is 1.63. The first-order valence-electron chi connectivity index (χ1n) is 8.90. The van der Waals surface area contributed by atoms with Crippen LogP contribution < -0.4 is 10.1 Å². The lowest BCUT2D eigenvalue weighted by molar-refractivity contribution is -0.122. The van der Waals surface area contributed by atoms with Gasteiger partial charge in [0.1, 0.15) is 5.75 Å². The molecule has 0 radical (unpaired) electrons. The fraction of sp³-hybridized carbons (Fsp3) is 0.474. The number of likely N-dealkylation sites (N-methyl/N-ethyl adjacent to an activating group) is 1. The van der Waals surface area contributed by atoms with Crippen LogP contribution in [0.1, 0.15) is 5.01 Å². The van der Waals surface area contributed by atoms with E-state index in [0.717, 1.165) is 54.6 Å². The molecule has 0 bridgehead atoms. The molecule has 0 spiro atoms. The van der Waals surface area contributed by atoms with E-state index in [4.69, 9.17) is 4.74 Å². The van der Waals surface area contributed by atoms with Crippen molar-refractivity contribution in [2.75, 3.05) is 53.4 Å². The van der Waals surface area contributed by atoms with E-state index in [2.05, 4.69) is 32.5 Å². The summed E-state index contributed by atoms with van der Waals surface area (Å²) in [5.74, 6) is 0.939. The number of thiazole rings is 1. The van der Waals surface area contributed by atoms with Crippen LogP contribution in [-0.4, -0.2) is 74.1 Å².